The average Bonchev–Trinajstić information content (AvgIpc) is 3.20. The van der Waals surface area contributed by atoms with Crippen molar-refractivity contribution in [1.29, 1.82) is 0 Å². The fourth-order valence-electron chi connectivity index (χ4n) is 3.06. The highest BCUT2D eigenvalue weighted by Gasteiger charge is 2.18. The van der Waals surface area contributed by atoms with Crippen LogP contribution in [0.5, 0.6) is 0 Å². The number of amides is 1. The van der Waals surface area contributed by atoms with E-state index < -0.39 is 0 Å². The van der Waals surface area contributed by atoms with Crippen LogP contribution < -0.4 is 5.43 Å². The topological polar surface area (TPSA) is 55.6 Å². The highest BCUT2D eigenvalue weighted by atomic mass is 19.1. The third kappa shape index (κ3) is 4.14. The van der Waals surface area contributed by atoms with Gasteiger partial charge in [-0.1, -0.05) is 0 Å². The Morgan fingerprint density at radius 3 is 2.84 bits per heavy atom. The number of carbonyl (C=O) groups is 1. The summed E-state index contributed by atoms with van der Waals surface area (Å²) >= 11 is 0. The molecule has 0 radical (unpaired) electrons. The zero-order valence-electron chi connectivity index (χ0n) is 14.5. The molecule has 1 saturated heterocycles. The fourth-order valence-corrected chi connectivity index (χ4v) is 3.06. The largest absolute Gasteiger partial charge is 0.376 e. The van der Waals surface area contributed by atoms with E-state index in [2.05, 4.69) is 22.0 Å². The third-order valence-corrected chi connectivity index (χ3v) is 4.50. The molecule has 5 nitrogen and oxygen atoms in total. The van der Waals surface area contributed by atoms with Gasteiger partial charge in [0.2, 0.25) is 0 Å². The number of benzene rings is 1. The first-order valence-electron chi connectivity index (χ1n) is 8.42. The highest BCUT2D eigenvalue weighted by Crippen LogP contribution is 2.19. The number of rotatable bonds is 5. The highest BCUT2D eigenvalue weighted by molar-refractivity contribution is 5.94. The average molecular weight is 343 g/mol. The second-order valence-corrected chi connectivity index (χ2v) is 6.28. The Kier molecular flexibility index (Phi) is 5.28. The van der Waals surface area contributed by atoms with Crippen LogP contribution in [0.2, 0.25) is 0 Å². The first kappa shape index (κ1) is 17.4. The molecule has 1 aromatic heterocycles. The maximum Gasteiger partial charge on any atom is 0.271 e. The van der Waals surface area contributed by atoms with Crippen molar-refractivity contribution >= 4 is 12.1 Å². The van der Waals surface area contributed by atoms with Crippen LogP contribution >= 0.6 is 0 Å². The molecule has 0 saturated carbocycles. The van der Waals surface area contributed by atoms with E-state index in [0.29, 0.717) is 5.56 Å². The molecular weight excluding hydrogens is 321 g/mol. The van der Waals surface area contributed by atoms with Crippen molar-refractivity contribution in [3.8, 4) is 0 Å². The second kappa shape index (κ2) is 7.61. The van der Waals surface area contributed by atoms with Crippen molar-refractivity contribution in [2.75, 3.05) is 6.61 Å². The Labute approximate surface area is 146 Å². The van der Waals surface area contributed by atoms with Gasteiger partial charge in [0.15, 0.2) is 0 Å². The van der Waals surface area contributed by atoms with Gasteiger partial charge in [0.25, 0.3) is 5.91 Å². The van der Waals surface area contributed by atoms with Gasteiger partial charge >= 0.3 is 0 Å². The number of nitrogens with one attached hydrogen (secondary N) is 1. The van der Waals surface area contributed by atoms with E-state index >= 15 is 0 Å². The van der Waals surface area contributed by atoms with Gasteiger partial charge < -0.3 is 9.30 Å². The summed E-state index contributed by atoms with van der Waals surface area (Å²) in [5.41, 5.74) is 6.02. The Morgan fingerprint density at radius 1 is 1.40 bits per heavy atom. The number of ether oxygens (including phenoxy) is 1. The summed E-state index contributed by atoms with van der Waals surface area (Å²) in [5, 5.41) is 4.02. The molecule has 132 valence electrons. The lowest BCUT2D eigenvalue weighted by Gasteiger charge is -2.14. The predicted octanol–water partition coefficient (Wildman–Crippen LogP) is 3.19. The van der Waals surface area contributed by atoms with E-state index in [0.717, 1.165) is 42.9 Å². The molecule has 1 aliphatic rings. The second-order valence-electron chi connectivity index (χ2n) is 6.28. The lowest BCUT2D eigenvalue weighted by molar-refractivity contribution is 0.0954. The first-order valence-corrected chi connectivity index (χ1v) is 8.42. The molecule has 1 fully saturated rings. The lowest BCUT2D eigenvalue weighted by Crippen LogP contribution is -2.18. The molecule has 1 aromatic carbocycles. The van der Waals surface area contributed by atoms with Crippen LogP contribution in [0, 0.1) is 19.7 Å². The molecule has 0 aliphatic carbocycles. The summed E-state index contributed by atoms with van der Waals surface area (Å²) in [6, 6.07) is 7.38. The van der Waals surface area contributed by atoms with Crippen molar-refractivity contribution in [2.24, 2.45) is 5.10 Å². The Balaban J connectivity index is 1.65. The SMILES string of the molecule is Cc1cc(/C=N\NC(=O)c2ccc(F)cc2)c(C)n1C[C@H]1CCCO1. The Morgan fingerprint density at radius 2 is 2.16 bits per heavy atom. The van der Waals surface area contributed by atoms with Crippen molar-refractivity contribution < 1.29 is 13.9 Å². The minimum atomic E-state index is -0.376. The predicted molar refractivity (Wildman–Crippen MR) is 94.3 cm³/mol. The maximum atomic E-state index is 12.9. The minimum absolute atomic E-state index is 0.271. The smallest absolute Gasteiger partial charge is 0.271 e. The van der Waals surface area contributed by atoms with Crippen molar-refractivity contribution in [3.05, 3.63) is 58.7 Å². The van der Waals surface area contributed by atoms with E-state index in [1.54, 1.807) is 6.21 Å². The van der Waals surface area contributed by atoms with Crippen LogP contribution in [-0.4, -0.2) is 29.4 Å². The van der Waals surface area contributed by atoms with Gasteiger partial charge in [0.1, 0.15) is 5.82 Å². The maximum absolute atomic E-state index is 12.9. The number of aromatic nitrogens is 1. The Hall–Kier alpha value is -2.47. The van der Waals surface area contributed by atoms with Gasteiger partial charge in [-0.05, 0) is 57.0 Å². The third-order valence-electron chi connectivity index (χ3n) is 4.50. The van der Waals surface area contributed by atoms with E-state index in [9.17, 15) is 9.18 Å². The van der Waals surface area contributed by atoms with Crippen LogP contribution in [0.3, 0.4) is 0 Å². The number of hydrazone groups is 1. The molecule has 25 heavy (non-hydrogen) atoms. The number of hydrogen-bond acceptors (Lipinski definition) is 3. The van der Waals surface area contributed by atoms with Crippen LogP contribution in [0.1, 0.15) is 40.2 Å². The monoisotopic (exact) mass is 343 g/mol. The molecule has 0 unspecified atom stereocenters. The van der Waals surface area contributed by atoms with Gasteiger partial charge in [-0.15, -0.1) is 0 Å². The van der Waals surface area contributed by atoms with Crippen molar-refractivity contribution in [1.82, 2.24) is 9.99 Å². The van der Waals surface area contributed by atoms with Crippen molar-refractivity contribution in [2.45, 2.75) is 39.3 Å². The number of carbonyl (C=O) groups excluding carboxylic acids is 1. The molecule has 2 heterocycles. The van der Waals surface area contributed by atoms with E-state index in [1.807, 2.05) is 13.0 Å². The zero-order chi connectivity index (χ0) is 17.8. The summed E-state index contributed by atoms with van der Waals surface area (Å²) in [4.78, 5) is 12.0. The molecular formula is C19H22FN3O2. The fraction of sp³-hybridized carbons (Fsp3) is 0.368. The van der Waals surface area contributed by atoms with E-state index in [1.165, 1.54) is 24.3 Å². The molecule has 2 aromatic rings. The molecule has 6 heteroatoms. The van der Waals surface area contributed by atoms with E-state index in [-0.39, 0.29) is 17.8 Å². The normalized spacial score (nSPS) is 17.3. The molecule has 1 amide bonds. The minimum Gasteiger partial charge on any atom is -0.376 e. The van der Waals surface area contributed by atoms with E-state index in [4.69, 9.17) is 4.74 Å². The van der Waals surface area contributed by atoms with Crippen molar-refractivity contribution in [3.63, 3.8) is 0 Å². The molecule has 0 spiro atoms. The number of aryl methyl sites for hydroxylation is 1. The van der Waals surface area contributed by atoms with Gasteiger partial charge in [0, 0.05) is 35.7 Å². The summed E-state index contributed by atoms with van der Waals surface area (Å²) in [5.74, 6) is -0.747. The molecule has 3 rings (SSSR count). The molecule has 1 atom stereocenters. The number of hydrogen-bond donors (Lipinski definition) is 1. The summed E-state index contributed by atoms with van der Waals surface area (Å²) in [6.45, 7) is 5.77. The number of nitrogens with zero attached hydrogens (tertiary/aromatic N) is 2. The van der Waals surface area contributed by atoms with Crippen LogP contribution in [0.4, 0.5) is 4.39 Å². The molecule has 0 bridgehead atoms. The van der Waals surface area contributed by atoms with Crippen LogP contribution in [0.15, 0.2) is 35.4 Å². The van der Waals surface area contributed by atoms with Crippen LogP contribution in [-0.2, 0) is 11.3 Å². The Bertz CT molecular complexity index is 775. The summed E-state index contributed by atoms with van der Waals surface area (Å²) < 4.78 is 20.8. The lowest BCUT2D eigenvalue weighted by atomic mass is 10.2. The standard InChI is InChI=1S/C19H22FN3O2/c1-13-10-16(14(2)23(13)12-18-4-3-9-25-18)11-21-22-19(24)15-5-7-17(20)8-6-15/h5-8,10-11,18H,3-4,9,12H2,1-2H3,(H,22,24)/b21-11-/t18-/m1/s1. The summed E-state index contributed by atoms with van der Waals surface area (Å²) in [6.07, 6.45) is 4.12. The van der Waals surface area contributed by atoms with Gasteiger partial charge in [0.05, 0.1) is 12.3 Å². The quantitative estimate of drug-likeness (QED) is 0.670. The first-order chi connectivity index (χ1) is 12.0. The summed E-state index contributed by atoms with van der Waals surface area (Å²) in [7, 11) is 0. The zero-order valence-corrected chi connectivity index (χ0v) is 14.5. The molecule has 1 N–H and O–H groups in total. The van der Waals surface area contributed by atoms with Gasteiger partial charge in [-0.25, -0.2) is 9.82 Å². The van der Waals surface area contributed by atoms with Crippen LogP contribution in [0.25, 0.3) is 0 Å². The number of halogens is 1. The van der Waals surface area contributed by atoms with Gasteiger partial charge in [-0.3, -0.25) is 4.79 Å². The molecule has 1 aliphatic heterocycles. The van der Waals surface area contributed by atoms with Gasteiger partial charge in [-0.2, -0.15) is 5.10 Å².